The van der Waals surface area contributed by atoms with Crippen LogP contribution in [0.3, 0.4) is 0 Å². The van der Waals surface area contributed by atoms with E-state index in [0.717, 1.165) is 36.1 Å². The van der Waals surface area contributed by atoms with Gasteiger partial charge in [-0.05, 0) is 33.1 Å². The second kappa shape index (κ2) is 5.89. The summed E-state index contributed by atoms with van der Waals surface area (Å²) in [4.78, 5) is 14.1. The van der Waals surface area contributed by atoms with Crippen LogP contribution < -0.4 is 10.9 Å². The van der Waals surface area contributed by atoms with Crippen molar-refractivity contribution in [2.24, 2.45) is 7.05 Å². The summed E-state index contributed by atoms with van der Waals surface area (Å²) < 4.78 is 1.68. The second-order valence-corrected chi connectivity index (χ2v) is 5.06. The minimum atomic E-state index is 0.0220. The summed E-state index contributed by atoms with van der Waals surface area (Å²) in [5.41, 5.74) is 1.91. The molecular weight excluding hydrogens is 238 g/mol. The molecule has 0 fully saturated rings. The summed E-state index contributed by atoms with van der Waals surface area (Å²) in [6.07, 6.45) is 1.05. The highest BCUT2D eigenvalue weighted by Gasteiger charge is 2.05. The van der Waals surface area contributed by atoms with Gasteiger partial charge in [0.2, 0.25) is 0 Å². The molecule has 4 heteroatoms. The van der Waals surface area contributed by atoms with Crippen molar-refractivity contribution in [3.05, 3.63) is 40.7 Å². The minimum absolute atomic E-state index is 0.0220. The molecule has 0 spiro atoms. The highest BCUT2D eigenvalue weighted by atomic mass is 16.1. The lowest BCUT2D eigenvalue weighted by Gasteiger charge is -2.13. The third-order valence-corrected chi connectivity index (χ3v) is 3.25. The van der Waals surface area contributed by atoms with Crippen LogP contribution in [0, 0.1) is 0 Å². The number of hydrogen-bond acceptors (Lipinski definition) is 3. The summed E-state index contributed by atoms with van der Waals surface area (Å²) in [6.45, 7) is 1.91. The summed E-state index contributed by atoms with van der Waals surface area (Å²) in [5, 5.41) is 4.46. The first-order chi connectivity index (χ1) is 9.09. The van der Waals surface area contributed by atoms with Crippen LogP contribution in [0.5, 0.6) is 0 Å². The average Bonchev–Trinajstić information content (AvgIpc) is 2.40. The van der Waals surface area contributed by atoms with Gasteiger partial charge in [0.25, 0.3) is 5.56 Å². The van der Waals surface area contributed by atoms with Crippen molar-refractivity contribution >= 4 is 16.6 Å². The highest BCUT2D eigenvalue weighted by Crippen LogP contribution is 2.20. The fourth-order valence-corrected chi connectivity index (χ4v) is 2.18. The molecule has 0 saturated carbocycles. The van der Waals surface area contributed by atoms with Gasteiger partial charge in [0.15, 0.2) is 0 Å². The van der Waals surface area contributed by atoms with Gasteiger partial charge >= 0.3 is 0 Å². The van der Waals surface area contributed by atoms with E-state index in [1.165, 1.54) is 0 Å². The Morgan fingerprint density at radius 1 is 1.26 bits per heavy atom. The molecule has 1 heterocycles. The SMILES string of the molecule is CN(C)CCCNc1cc(=O)n(C)c2ccccc12. The van der Waals surface area contributed by atoms with Gasteiger partial charge in [-0.2, -0.15) is 0 Å². The van der Waals surface area contributed by atoms with Crippen LogP contribution in [0.15, 0.2) is 35.1 Å². The third kappa shape index (κ3) is 3.15. The Balaban J connectivity index is 2.23. The van der Waals surface area contributed by atoms with Gasteiger partial charge in [-0.1, -0.05) is 18.2 Å². The van der Waals surface area contributed by atoms with Crippen molar-refractivity contribution in [3.8, 4) is 0 Å². The number of para-hydroxylation sites is 1. The van der Waals surface area contributed by atoms with E-state index < -0.39 is 0 Å². The van der Waals surface area contributed by atoms with Crippen LogP contribution in [0.2, 0.25) is 0 Å². The van der Waals surface area contributed by atoms with Gasteiger partial charge in [0.05, 0.1) is 5.52 Å². The number of nitrogens with zero attached hydrogens (tertiary/aromatic N) is 2. The predicted molar refractivity (Wildman–Crippen MR) is 80.8 cm³/mol. The van der Waals surface area contributed by atoms with E-state index in [9.17, 15) is 4.79 Å². The van der Waals surface area contributed by atoms with Crippen LogP contribution in [0.4, 0.5) is 5.69 Å². The Labute approximate surface area is 113 Å². The molecule has 4 nitrogen and oxygen atoms in total. The number of fused-ring (bicyclic) bond motifs is 1. The summed E-state index contributed by atoms with van der Waals surface area (Å²) in [5.74, 6) is 0. The Morgan fingerprint density at radius 3 is 2.74 bits per heavy atom. The van der Waals surface area contributed by atoms with Gasteiger partial charge in [0, 0.05) is 30.7 Å². The van der Waals surface area contributed by atoms with E-state index in [1.54, 1.807) is 17.7 Å². The predicted octanol–water partition coefficient (Wildman–Crippen LogP) is 1.90. The summed E-state index contributed by atoms with van der Waals surface area (Å²) >= 11 is 0. The second-order valence-electron chi connectivity index (χ2n) is 5.06. The molecule has 0 aliphatic carbocycles. The number of nitrogens with one attached hydrogen (secondary N) is 1. The molecule has 0 amide bonds. The first-order valence-electron chi connectivity index (χ1n) is 6.57. The number of hydrogen-bond donors (Lipinski definition) is 1. The number of rotatable bonds is 5. The van der Waals surface area contributed by atoms with E-state index in [4.69, 9.17) is 0 Å². The smallest absolute Gasteiger partial charge is 0.252 e. The minimum Gasteiger partial charge on any atom is -0.384 e. The van der Waals surface area contributed by atoms with Crippen LogP contribution in [-0.2, 0) is 7.05 Å². The van der Waals surface area contributed by atoms with Crippen molar-refractivity contribution in [1.29, 1.82) is 0 Å². The largest absolute Gasteiger partial charge is 0.384 e. The van der Waals surface area contributed by atoms with Crippen LogP contribution in [0.25, 0.3) is 10.9 Å². The van der Waals surface area contributed by atoms with Gasteiger partial charge < -0.3 is 14.8 Å². The maximum absolute atomic E-state index is 11.9. The molecule has 0 aliphatic rings. The molecule has 0 aliphatic heterocycles. The van der Waals surface area contributed by atoms with Gasteiger partial charge in [-0.3, -0.25) is 4.79 Å². The number of aromatic nitrogens is 1. The first-order valence-corrected chi connectivity index (χ1v) is 6.57. The normalized spacial score (nSPS) is 11.2. The van der Waals surface area contributed by atoms with E-state index in [1.807, 2.05) is 24.3 Å². The van der Waals surface area contributed by atoms with Gasteiger partial charge in [-0.15, -0.1) is 0 Å². The molecule has 102 valence electrons. The van der Waals surface area contributed by atoms with E-state index in [2.05, 4.69) is 24.3 Å². The van der Waals surface area contributed by atoms with E-state index >= 15 is 0 Å². The molecule has 19 heavy (non-hydrogen) atoms. The number of anilines is 1. The van der Waals surface area contributed by atoms with Crippen LogP contribution >= 0.6 is 0 Å². The monoisotopic (exact) mass is 259 g/mol. The Kier molecular flexibility index (Phi) is 4.22. The molecule has 0 atom stereocenters. The van der Waals surface area contributed by atoms with Crippen LogP contribution in [-0.4, -0.2) is 36.7 Å². The van der Waals surface area contributed by atoms with Crippen molar-refractivity contribution < 1.29 is 0 Å². The van der Waals surface area contributed by atoms with Gasteiger partial charge in [-0.25, -0.2) is 0 Å². The quantitative estimate of drug-likeness (QED) is 0.833. The average molecular weight is 259 g/mol. The van der Waals surface area contributed by atoms with Crippen molar-refractivity contribution in [1.82, 2.24) is 9.47 Å². The molecule has 2 aromatic rings. The molecule has 0 radical (unpaired) electrons. The van der Waals surface area contributed by atoms with Crippen molar-refractivity contribution in [2.75, 3.05) is 32.5 Å². The zero-order valence-corrected chi connectivity index (χ0v) is 11.8. The highest BCUT2D eigenvalue weighted by molar-refractivity contribution is 5.91. The molecule has 1 aromatic heterocycles. The molecule has 0 bridgehead atoms. The number of pyridine rings is 1. The number of aryl methyl sites for hydroxylation is 1. The summed E-state index contributed by atoms with van der Waals surface area (Å²) in [7, 11) is 5.93. The number of benzene rings is 1. The Morgan fingerprint density at radius 2 is 2.00 bits per heavy atom. The molecule has 0 saturated heterocycles. The Bertz CT molecular complexity index is 616. The van der Waals surface area contributed by atoms with Crippen molar-refractivity contribution in [2.45, 2.75) is 6.42 Å². The first kappa shape index (κ1) is 13.6. The lowest BCUT2D eigenvalue weighted by molar-refractivity contribution is 0.405. The molecule has 1 N–H and O–H groups in total. The summed E-state index contributed by atoms with van der Waals surface area (Å²) in [6, 6.07) is 9.65. The lowest BCUT2D eigenvalue weighted by Crippen LogP contribution is -2.19. The molecule has 2 rings (SSSR count). The van der Waals surface area contributed by atoms with Crippen molar-refractivity contribution in [3.63, 3.8) is 0 Å². The third-order valence-electron chi connectivity index (χ3n) is 3.25. The molecular formula is C15H21N3O. The maximum Gasteiger partial charge on any atom is 0.252 e. The fourth-order valence-electron chi connectivity index (χ4n) is 2.18. The maximum atomic E-state index is 11.9. The topological polar surface area (TPSA) is 37.3 Å². The molecule has 0 unspecified atom stereocenters. The molecule has 1 aromatic carbocycles. The standard InChI is InChI=1S/C15H21N3O/c1-17(2)10-6-9-16-13-11-15(19)18(3)14-8-5-4-7-12(13)14/h4-5,7-8,11,16H,6,9-10H2,1-3H3. The zero-order chi connectivity index (χ0) is 13.8. The fraction of sp³-hybridized carbons (Fsp3) is 0.400. The van der Waals surface area contributed by atoms with E-state index in [0.29, 0.717) is 0 Å². The Hall–Kier alpha value is -1.81. The van der Waals surface area contributed by atoms with Gasteiger partial charge in [0.1, 0.15) is 0 Å². The zero-order valence-electron chi connectivity index (χ0n) is 11.8. The lowest BCUT2D eigenvalue weighted by atomic mass is 10.1. The van der Waals surface area contributed by atoms with E-state index in [-0.39, 0.29) is 5.56 Å². The van der Waals surface area contributed by atoms with Crippen LogP contribution in [0.1, 0.15) is 6.42 Å².